The third-order valence-electron chi connectivity index (χ3n) is 2.27. The fourth-order valence-electron chi connectivity index (χ4n) is 1.40. The minimum Gasteiger partial charge on any atom is -0.368 e. The molecule has 0 radical (unpaired) electrons. The molecule has 6 heteroatoms. The summed E-state index contributed by atoms with van der Waals surface area (Å²) in [7, 11) is 0. The summed E-state index contributed by atoms with van der Waals surface area (Å²) in [6, 6.07) is 5.53. The van der Waals surface area contributed by atoms with Crippen molar-refractivity contribution in [3.63, 3.8) is 0 Å². The van der Waals surface area contributed by atoms with Gasteiger partial charge in [0.1, 0.15) is 11.0 Å². The van der Waals surface area contributed by atoms with Crippen LogP contribution in [0.4, 0.5) is 11.8 Å². The number of nitrogens with one attached hydrogen (secondary N) is 1. The predicted octanol–water partition coefficient (Wildman–Crippen LogP) is 2.03. The van der Waals surface area contributed by atoms with E-state index in [0.29, 0.717) is 17.5 Å². The van der Waals surface area contributed by atoms with Gasteiger partial charge in [0.2, 0.25) is 5.95 Å². The molecule has 2 heterocycles. The lowest BCUT2D eigenvalue weighted by molar-refractivity contribution is 1.00. The fraction of sp³-hybridized carbons (Fsp3) is 0.182. The van der Waals surface area contributed by atoms with Crippen LogP contribution in [0.3, 0.4) is 0 Å². The van der Waals surface area contributed by atoms with Crippen molar-refractivity contribution in [1.82, 2.24) is 15.0 Å². The minimum absolute atomic E-state index is 0.151. The number of pyridine rings is 1. The molecule has 5 nitrogen and oxygen atoms in total. The van der Waals surface area contributed by atoms with Crippen LogP contribution >= 0.6 is 11.6 Å². The second kappa shape index (κ2) is 4.97. The van der Waals surface area contributed by atoms with Crippen molar-refractivity contribution in [2.24, 2.45) is 0 Å². The van der Waals surface area contributed by atoms with Gasteiger partial charge < -0.3 is 11.1 Å². The van der Waals surface area contributed by atoms with Crippen molar-refractivity contribution in [2.45, 2.75) is 13.5 Å². The van der Waals surface area contributed by atoms with E-state index in [2.05, 4.69) is 20.3 Å². The summed E-state index contributed by atoms with van der Waals surface area (Å²) in [5.41, 5.74) is 7.57. The molecule has 0 spiro atoms. The SMILES string of the molecule is Cc1cccnc1CNc1cc(Cl)nc(N)n1. The largest absolute Gasteiger partial charge is 0.368 e. The molecule has 0 aliphatic rings. The molecule has 2 aromatic rings. The Balaban J connectivity index is 2.10. The molecule has 0 aromatic carbocycles. The Kier molecular flexibility index (Phi) is 3.39. The van der Waals surface area contributed by atoms with Gasteiger partial charge in [-0.1, -0.05) is 17.7 Å². The first kappa shape index (κ1) is 11.6. The molecule has 2 rings (SSSR count). The molecule has 3 N–H and O–H groups in total. The van der Waals surface area contributed by atoms with Gasteiger partial charge >= 0.3 is 0 Å². The van der Waals surface area contributed by atoms with Crippen LogP contribution in [0.15, 0.2) is 24.4 Å². The van der Waals surface area contributed by atoms with Crippen molar-refractivity contribution in [3.8, 4) is 0 Å². The van der Waals surface area contributed by atoms with E-state index >= 15 is 0 Å². The van der Waals surface area contributed by atoms with E-state index in [1.54, 1.807) is 12.3 Å². The molecule has 17 heavy (non-hydrogen) atoms. The van der Waals surface area contributed by atoms with Crippen LogP contribution in [0, 0.1) is 6.92 Å². The first-order valence-electron chi connectivity index (χ1n) is 5.09. The highest BCUT2D eigenvalue weighted by Crippen LogP contribution is 2.13. The fourth-order valence-corrected chi connectivity index (χ4v) is 1.59. The van der Waals surface area contributed by atoms with Gasteiger partial charge in [-0.25, -0.2) is 4.98 Å². The molecule has 0 saturated heterocycles. The molecule has 0 aliphatic heterocycles. The van der Waals surface area contributed by atoms with Gasteiger partial charge in [-0.05, 0) is 18.6 Å². The molecule has 0 saturated carbocycles. The van der Waals surface area contributed by atoms with Gasteiger partial charge in [-0.3, -0.25) is 4.98 Å². The molecule has 0 unspecified atom stereocenters. The summed E-state index contributed by atoms with van der Waals surface area (Å²) in [5, 5.41) is 3.42. The summed E-state index contributed by atoms with van der Waals surface area (Å²) in [6.07, 6.45) is 1.76. The Labute approximate surface area is 104 Å². The lowest BCUT2D eigenvalue weighted by Gasteiger charge is -2.07. The summed E-state index contributed by atoms with van der Waals surface area (Å²) in [6.45, 7) is 2.57. The third kappa shape index (κ3) is 3.04. The van der Waals surface area contributed by atoms with Crippen molar-refractivity contribution >= 4 is 23.4 Å². The highest BCUT2D eigenvalue weighted by atomic mass is 35.5. The molecular formula is C11H12ClN5. The standard InChI is InChI=1S/C11H12ClN5/c1-7-3-2-4-14-8(7)6-15-10-5-9(12)16-11(13)17-10/h2-5H,6H2,1H3,(H3,13,15,16,17). The van der Waals surface area contributed by atoms with Gasteiger partial charge in [-0.15, -0.1) is 0 Å². The molecule has 2 aromatic heterocycles. The predicted molar refractivity (Wildman–Crippen MR) is 67.8 cm³/mol. The molecule has 0 fully saturated rings. The van der Waals surface area contributed by atoms with Crippen molar-refractivity contribution in [2.75, 3.05) is 11.1 Å². The number of hydrogen-bond donors (Lipinski definition) is 2. The van der Waals surface area contributed by atoms with E-state index in [0.717, 1.165) is 11.3 Å². The van der Waals surface area contributed by atoms with E-state index in [1.165, 1.54) is 0 Å². The lowest BCUT2D eigenvalue weighted by atomic mass is 10.2. The van der Waals surface area contributed by atoms with Gasteiger partial charge in [0.15, 0.2) is 0 Å². The number of nitrogen functional groups attached to an aromatic ring is 1. The normalized spacial score (nSPS) is 10.2. The van der Waals surface area contributed by atoms with E-state index in [4.69, 9.17) is 17.3 Å². The molecule has 88 valence electrons. The zero-order valence-electron chi connectivity index (χ0n) is 9.31. The number of rotatable bonds is 3. The lowest BCUT2D eigenvalue weighted by Crippen LogP contribution is -2.06. The Hall–Kier alpha value is -1.88. The molecular weight excluding hydrogens is 238 g/mol. The average molecular weight is 250 g/mol. The summed E-state index contributed by atoms with van der Waals surface area (Å²) >= 11 is 5.78. The monoisotopic (exact) mass is 249 g/mol. The maximum atomic E-state index is 5.78. The van der Waals surface area contributed by atoms with Gasteiger partial charge in [0.05, 0.1) is 12.2 Å². The van der Waals surface area contributed by atoms with Gasteiger partial charge in [0, 0.05) is 12.3 Å². The summed E-state index contributed by atoms with van der Waals surface area (Å²) < 4.78 is 0. The van der Waals surface area contributed by atoms with Crippen LogP contribution in [0.1, 0.15) is 11.3 Å². The molecule has 0 amide bonds. The quantitative estimate of drug-likeness (QED) is 0.814. The van der Waals surface area contributed by atoms with Crippen LogP contribution in [0.25, 0.3) is 0 Å². The number of anilines is 2. The van der Waals surface area contributed by atoms with E-state index < -0.39 is 0 Å². The average Bonchev–Trinajstić information content (AvgIpc) is 2.27. The zero-order valence-corrected chi connectivity index (χ0v) is 10.1. The highest BCUT2D eigenvalue weighted by Gasteiger charge is 2.02. The Bertz CT molecular complexity index is 509. The number of aromatic nitrogens is 3. The summed E-state index contributed by atoms with van der Waals surface area (Å²) in [5.74, 6) is 0.741. The van der Waals surface area contributed by atoms with Crippen LogP contribution < -0.4 is 11.1 Å². The minimum atomic E-state index is 0.151. The van der Waals surface area contributed by atoms with E-state index in [9.17, 15) is 0 Å². The number of nitrogens with two attached hydrogens (primary N) is 1. The first-order valence-corrected chi connectivity index (χ1v) is 5.47. The van der Waals surface area contributed by atoms with Gasteiger partial charge in [-0.2, -0.15) is 4.98 Å². The first-order chi connectivity index (χ1) is 8.15. The number of aryl methyl sites for hydroxylation is 1. The molecule has 0 atom stereocenters. The van der Waals surface area contributed by atoms with Crippen molar-refractivity contribution < 1.29 is 0 Å². The molecule has 0 aliphatic carbocycles. The third-order valence-corrected chi connectivity index (χ3v) is 2.46. The van der Waals surface area contributed by atoms with Crippen LogP contribution in [-0.4, -0.2) is 15.0 Å². The Morgan fingerprint density at radius 1 is 1.41 bits per heavy atom. The van der Waals surface area contributed by atoms with E-state index in [-0.39, 0.29) is 5.95 Å². The Morgan fingerprint density at radius 3 is 2.94 bits per heavy atom. The van der Waals surface area contributed by atoms with Gasteiger partial charge in [0.25, 0.3) is 0 Å². The van der Waals surface area contributed by atoms with Crippen LogP contribution in [-0.2, 0) is 6.54 Å². The number of hydrogen-bond acceptors (Lipinski definition) is 5. The molecule has 0 bridgehead atoms. The zero-order chi connectivity index (χ0) is 12.3. The van der Waals surface area contributed by atoms with Crippen LogP contribution in [0.2, 0.25) is 5.15 Å². The van der Waals surface area contributed by atoms with Crippen molar-refractivity contribution in [1.29, 1.82) is 0 Å². The maximum absolute atomic E-state index is 5.78. The summed E-state index contributed by atoms with van der Waals surface area (Å²) in [4.78, 5) is 12.1. The highest BCUT2D eigenvalue weighted by molar-refractivity contribution is 6.29. The van der Waals surface area contributed by atoms with Crippen molar-refractivity contribution in [3.05, 3.63) is 40.8 Å². The topological polar surface area (TPSA) is 76.7 Å². The number of halogens is 1. The van der Waals surface area contributed by atoms with Crippen LogP contribution in [0.5, 0.6) is 0 Å². The number of nitrogens with zero attached hydrogens (tertiary/aromatic N) is 3. The van der Waals surface area contributed by atoms with E-state index in [1.807, 2.05) is 19.1 Å². The second-order valence-corrected chi connectivity index (χ2v) is 3.94. The second-order valence-electron chi connectivity index (χ2n) is 3.55. The maximum Gasteiger partial charge on any atom is 0.223 e. The Morgan fingerprint density at radius 2 is 2.24 bits per heavy atom. The smallest absolute Gasteiger partial charge is 0.223 e.